The van der Waals surface area contributed by atoms with Gasteiger partial charge in [-0.05, 0) is 12.1 Å². The fraction of sp³-hybridized carbons (Fsp3) is 0.417. The molecule has 0 aliphatic rings. The van der Waals surface area contributed by atoms with Crippen molar-refractivity contribution in [2.45, 2.75) is 13.5 Å². The van der Waals surface area contributed by atoms with E-state index in [4.69, 9.17) is 28.9 Å². The molecule has 1 aromatic rings. The SMILES string of the molecule is CC(CN)C(=O)N(C)Cc1c(Cl)cccc1Cl. The number of nitrogens with two attached hydrogens (primary N) is 1. The third kappa shape index (κ3) is 3.60. The van der Waals surface area contributed by atoms with Gasteiger partial charge >= 0.3 is 0 Å². The van der Waals surface area contributed by atoms with Crippen LogP contribution in [0.15, 0.2) is 18.2 Å². The van der Waals surface area contributed by atoms with Crippen molar-refractivity contribution >= 4 is 29.1 Å². The fourth-order valence-corrected chi connectivity index (χ4v) is 1.99. The zero-order chi connectivity index (χ0) is 13.0. The normalized spacial score (nSPS) is 12.3. The van der Waals surface area contributed by atoms with Crippen LogP contribution < -0.4 is 5.73 Å². The molecule has 0 aliphatic heterocycles. The predicted octanol–water partition coefficient (Wildman–Crippen LogP) is 2.55. The van der Waals surface area contributed by atoms with Gasteiger partial charge in [0, 0.05) is 41.7 Å². The van der Waals surface area contributed by atoms with E-state index in [9.17, 15) is 4.79 Å². The molecule has 0 fully saturated rings. The van der Waals surface area contributed by atoms with E-state index in [1.165, 1.54) is 0 Å². The largest absolute Gasteiger partial charge is 0.341 e. The maximum Gasteiger partial charge on any atom is 0.226 e. The van der Waals surface area contributed by atoms with Crippen LogP contribution in [0.3, 0.4) is 0 Å². The van der Waals surface area contributed by atoms with E-state index in [-0.39, 0.29) is 11.8 Å². The summed E-state index contributed by atoms with van der Waals surface area (Å²) in [7, 11) is 1.72. The van der Waals surface area contributed by atoms with Gasteiger partial charge in [0.1, 0.15) is 0 Å². The summed E-state index contributed by atoms with van der Waals surface area (Å²) in [6, 6.07) is 5.29. The lowest BCUT2D eigenvalue weighted by molar-refractivity contribution is -0.133. The molecule has 1 amide bonds. The van der Waals surface area contributed by atoms with Crippen molar-refractivity contribution in [1.82, 2.24) is 4.90 Å². The Kier molecular flexibility index (Phi) is 5.25. The first-order chi connectivity index (χ1) is 7.97. The highest BCUT2D eigenvalue weighted by Crippen LogP contribution is 2.25. The summed E-state index contributed by atoms with van der Waals surface area (Å²) in [5, 5.41) is 1.13. The maximum atomic E-state index is 11.9. The monoisotopic (exact) mass is 274 g/mol. The molecule has 1 atom stereocenters. The van der Waals surface area contributed by atoms with Crippen LogP contribution in [0, 0.1) is 5.92 Å². The summed E-state index contributed by atoms with van der Waals surface area (Å²) in [4.78, 5) is 13.4. The predicted molar refractivity (Wildman–Crippen MR) is 71.2 cm³/mol. The van der Waals surface area contributed by atoms with Gasteiger partial charge < -0.3 is 10.6 Å². The molecule has 94 valence electrons. The number of nitrogens with zero attached hydrogens (tertiary/aromatic N) is 1. The van der Waals surface area contributed by atoms with Gasteiger partial charge in [0.2, 0.25) is 5.91 Å². The molecule has 2 N–H and O–H groups in total. The molecule has 3 nitrogen and oxygen atoms in total. The van der Waals surface area contributed by atoms with E-state index < -0.39 is 0 Å². The van der Waals surface area contributed by atoms with Crippen molar-refractivity contribution in [3.05, 3.63) is 33.8 Å². The zero-order valence-corrected chi connectivity index (χ0v) is 11.4. The molecule has 1 aromatic carbocycles. The summed E-state index contributed by atoms with van der Waals surface area (Å²) in [5.41, 5.74) is 6.22. The first-order valence-electron chi connectivity index (χ1n) is 5.35. The number of benzene rings is 1. The van der Waals surface area contributed by atoms with Crippen molar-refractivity contribution < 1.29 is 4.79 Å². The molecule has 1 rings (SSSR count). The Balaban J connectivity index is 2.81. The van der Waals surface area contributed by atoms with Crippen molar-refractivity contribution in [3.8, 4) is 0 Å². The number of carbonyl (C=O) groups is 1. The van der Waals surface area contributed by atoms with Crippen LogP contribution in [0.5, 0.6) is 0 Å². The first-order valence-corrected chi connectivity index (χ1v) is 6.11. The van der Waals surface area contributed by atoms with Crippen molar-refractivity contribution in [2.24, 2.45) is 11.7 Å². The minimum absolute atomic E-state index is 0.0107. The lowest BCUT2D eigenvalue weighted by Crippen LogP contribution is -2.34. The molecule has 0 saturated carbocycles. The summed E-state index contributed by atoms with van der Waals surface area (Å²) in [5.74, 6) is -0.204. The van der Waals surface area contributed by atoms with Crippen LogP contribution >= 0.6 is 23.2 Å². The second kappa shape index (κ2) is 6.24. The quantitative estimate of drug-likeness (QED) is 0.917. The molecule has 0 saturated heterocycles. The Labute approximate surface area is 111 Å². The van der Waals surface area contributed by atoms with Gasteiger partial charge in [-0.3, -0.25) is 4.79 Å². The molecule has 0 spiro atoms. The van der Waals surface area contributed by atoms with E-state index in [1.54, 1.807) is 37.1 Å². The molecule has 0 bridgehead atoms. The third-order valence-corrected chi connectivity index (χ3v) is 3.32. The summed E-state index contributed by atoms with van der Waals surface area (Å²) < 4.78 is 0. The average molecular weight is 275 g/mol. The number of amides is 1. The Bertz CT molecular complexity index is 389. The fourth-order valence-electron chi connectivity index (χ4n) is 1.48. The highest BCUT2D eigenvalue weighted by atomic mass is 35.5. The van der Waals surface area contributed by atoms with Crippen LogP contribution in [0.4, 0.5) is 0 Å². The van der Waals surface area contributed by atoms with Crippen molar-refractivity contribution in [2.75, 3.05) is 13.6 Å². The third-order valence-electron chi connectivity index (χ3n) is 2.61. The highest BCUT2D eigenvalue weighted by molar-refractivity contribution is 6.36. The van der Waals surface area contributed by atoms with Crippen molar-refractivity contribution in [3.63, 3.8) is 0 Å². The second-order valence-corrected chi connectivity index (χ2v) is 4.85. The van der Waals surface area contributed by atoms with E-state index in [0.29, 0.717) is 23.1 Å². The smallest absolute Gasteiger partial charge is 0.226 e. The molecule has 0 radical (unpaired) electrons. The number of carbonyl (C=O) groups excluding carboxylic acids is 1. The lowest BCUT2D eigenvalue weighted by atomic mass is 10.1. The van der Waals surface area contributed by atoms with Crippen LogP contribution in [-0.2, 0) is 11.3 Å². The Morgan fingerprint density at radius 1 is 1.41 bits per heavy atom. The van der Waals surface area contributed by atoms with Crippen molar-refractivity contribution in [1.29, 1.82) is 0 Å². The summed E-state index contributed by atoms with van der Waals surface area (Å²) >= 11 is 12.1. The van der Waals surface area contributed by atoms with E-state index in [0.717, 1.165) is 5.56 Å². The molecule has 0 aromatic heterocycles. The van der Waals surface area contributed by atoms with Gasteiger partial charge in [-0.15, -0.1) is 0 Å². The number of hydrogen-bond donors (Lipinski definition) is 1. The van der Waals surface area contributed by atoms with Crippen LogP contribution in [0.2, 0.25) is 10.0 Å². The molecular formula is C12H16Cl2N2O. The molecule has 5 heteroatoms. The number of hydrogen-bond acceptors (Lipinski definition) is 2. The van der Waals surface area contributed by atoms with Crippen LogP contribution in [-0.4, -0.2) is 24.4 Å². The van der Waals surface area contributed by atoms with Gasteiger partial charge in [-0.2, -0.15) is 0 Å². The maximum absolute atomic E-state index is 11.9. The molecule has 17 heavy (non-hydrogen) atoms. The lowest BCUT2D eigenvalue weighted by Gasteiger charge is -2.21. The van der Waals surface area contributed by atoms with E-state index >= 15 is 0 Å². The van der Waals surface area contributed by atoms with Gasteiger partial charge in [0.05, 0.1) is 0 Å². The van der Waals surface area contributed by atoms with E-state index in [2.05, 4.69) is 0 Å². The standard InChI is InChI=1S/C12H16Cl2N2O/c1-8(6-15)12(17)16(2)7-9-10(13)4-3-5-11(9)14/h3-5,8H,6-7,15H2,1-2H3. The second-order valence-electron chi connectivity index (χ2n) is 4.03. The Morgan fingerprint density at radius 3 is 2.41 bits per heavy atom. The van der Waals surface area contributed by atoms with Gasteiger partial charge in [-0.25, -0.2) is 0 Å². The highest BCUT2D eigenvalue weighted by Gasteiger charge is 2.17. The summed E-state index contributed by atoms with van der Waals surface area (Å²) in [6.07, 6.45) is 0. The topological polar surface area (TPSA) is 46.3 Å². The minimum atomic E-state index is -0.193. The first kappa shape index (κ1) is 14.3. The summed E-state index contributed by atoms with van der Waals surface area (Å²) in [6.45, 7) is 2.52. The number of halogens is 2. The number of rotatable bonds is 4. The van der Waals surface area contributed by atoms with Crippen LogP contribution in [0.1, 0.15) is 12.5 Å². The molecular weight excluding hydrogens is 259 g/mol. The van der Waals surface area contributed by atoms with Gasteiger partial charge in [0.15, 0.2) is 0 Å². The van der Waals surface area contributed by atoms with Gasteiger partial charge in [0.25, 0.3) is 0 Å². The average Bonchev–Trinajstić information content (AvgIpc) is 2.31. The van der Waals surface area contributed by atoms with E-state index in [1.807, 2.05) is 0 Å². The molecule has 0 heterocycles. The molecule has 0 aliphatic carbocycles. The van der Waals surface area contributed by atoms with Crippen LogP contribution in [0.25, 0.3) is 0 Å². The van der Waals surface area contributed by atoms with Gasteiger partial charge in [-0.1, -0.05) is 36.2 Å². The zero-order valence-electron chi connectivity index (χ0n) is 9.91. The minimum Gasteiger partial charge on any atom is -0.341 e. The Hall–Kier alpha value is -0.770. The Morgan fingerprint density at radius 2 is 1.94 bits per heavy atom. The molecule has 1 unspecified atom stereocenters.